The summed E-state index contributed by atoms with van der Waals surface area (Å²) in [6.07, 6.45) is 0. The molecule has 0 spiro atoms. The summed E-state index contributed by atoms with van der Waals surface area (Å²) in [4.78, 5) is 10.2. The molecule has 10 rings (SSSR count). The fraction of sp³-hybridized carbons (Fsp3) is 0. The first kappa shape index (κ1) is 29.1. The van der Waals surface area contributed by atoms with Crippen LogP contribution in [0.15, 0.2) is 186 Å². The summed E-state index contributed by atoms with van der Waals surface area (Å²) in [6, 6.07) is 63.9. The van der Waals surface area contributed by atoms with Crippen LogP contribution in [0.4, 0.5) is 0 Å². The van der Waals surface area contributed by atoms with Crippen LogP contribution in [0.5, 0.6) is 0 Å². The molecule has 0 fully saturated rings. The van der Waals surface area contributed by atoms with Crippen molar-refractivity contribution in [2.75, 3.05) is 0 Å². The summed E-state index contributed by atoms with van der Waals surface area (Å²) >= 11 is 0. The first-order chi connectivity index (χ1) is 25.2. The van der Waals surface area contributed by atoms with Gasteiger partial charge in [0.2, 0.25) is 0 Å². The normalized spacial score (nSPS) is 11.5. The van der Waals surface area contributed by atoms with Gasteiger partial charge in [0.15, 0.2) is 5.82 Å². The van der Waals surface area contributed by atoms with Crippen LogP contribution in [0, 0.1) is 0 Å². The van der Waals surface area contributed by atoms with Crippen molar-refractivity contribution < 1.29 is 4.42 Å². The van der Waals surface area contributed by atoms with Crippen molar-refractivity contribution in [2.45, 2.75) is 0 Å². The molecule has 0 aliphatic carbocycles. The number of benzene rings is 8. The van der Waals surface area contributed by atoms with Gasteiger partial charge in [-0.15, -0.1) is 0 Å². The maximum atomic E-state index is 6.63. The molecule has 0 bridgehead atoms. The number of hydrogen-bond donors (Lipinski definition) is 0. The van der Waals surface area contributed by atoms with E-state index in [0.29, 0.717) is 5.82 Å². The Balaban J connectivity index is 1.16. The lowest BCUT2D eigenvalue weighted by atomic mass is 9.95. The van der Waals surface area contributed by atoms with Crippen molar-refractivity contribution in [3.8, 4) is 56.2 Å². The van der Waals surface area contributed by atoms with Gasteiger partial charge >= 0.3 is 0 Å². The highest BCUT2D eigenvalue weighted by molar-refractivity contribution is 6.19. The molecule has 0 unspecified atom stereocenters. The Hall–Kier alpha value is -6.84. The van der Waals surface area contributed by atoms with Crippen LogP contribution < -0.4 is 0 Å². The lowest BCUT2D eigenvalue weighted by Gasteiger charge is -2.12. The Morgan fingerprint density at radius 3 is 1.75 bits per heavy atom. The highest BCUT2D eigenvalue weighted by Crippen LogP contribution is 2.41. The zero-order chi connectivity index (χ0) is 33.7. The highest BCUT2D eigenvalue weighted by Gasteiger charge is 2.18. The van der Waals surface area contributed by atoms with E-state index >= 15 is 0 Å². The lowest BCUT2D eigenvalue weighted by Crippen LogP contribution is -1.96. The molecule has 0 saturated heterocycles. The third-order valence-corrected chi connectivity index (χ3v) is 9.86. The molecule has 2 aromatic heterocycles. The average molecular weight is 651 g/mol. The molecule has 0 aliphatic rings. The molecular weight excluding hydrogens is 621 g/mol. The standard InChI is InChI=1S/C48H30N2O/c1-3-13-32(14-4-1)44-30-45(50-48(49-44)33-15-5-2-6-16-33)41-29-43-42-28-38(24-25-46(42)51-47(43)40-21-10-9-20-39(40)41)36-19-11-18-35(27-36)37-23-22-31-12-7-8-17-34(31)26-37/h1-30H. The molecule has 3 nitrogen and oxygen atoms in total. The van der Waals surface area contributed by atoms with Gasteiger partial charge in [0.1, 0.15) is 11.2 Å². The first-order valence-electron chi connectivity index (χ1n) is 17.2. The third kappa shape index (κ3) is 5.15. The Morgan fingerprint density at radius 1 is 0.333 bits per heavy atom. The van der Waals surface area contributed by atoms with Crippen LogP contribution in [0.2, 0.25) is 0 Å². The van der Waals surface area contributed by atoms with E-state index in [2.05, 4.69) is 146 Å². The Kier molecular flexibility index (Phi) is 6.81. The maximum Gasteiger partial charge on any atom is 0.160 e. The van der Waals surface area contributed by atoms with Crippen LogP contribution in [-0.4, -0.2) is 9.97 Å². The summed E-state index contributed by atoms with van der Waals surface area (Å²) in [5.74, 6) is 0.696. The topological polar surface area (TPSA) is 38.9 Å². The van der Waals surface area contributed by atoms with Crippen molar-refractivity contribution >= 4 is 43.5 Å². The van der Waals surface area contributed by atoms with E-state index in [1.54, 1.807) is 0 Å². The molecule has 0 saturated carbocycles. The van der Waals surface area contributed by atoms with E-state index in [0.717, 1.165) is 71.9 Å². The molecule has 51 heavy (non-hydrogen) atoms. The number of furan rings is 1. The zero-order valence-electron chi connectivity index (χ0n) is 27.6. The van der Waals surface area contributed by atoms with Gasteiger partial charge < -0.3 is 4.42 Å². The molecule has 0 amide bonds. The predicted octanol–water partition coefficient (Wildman–Crippen LogP) is 13.0. The fourth-order valence-corrected chi connectivity index (χ4v) is 7.30. The number of hydrogen-bond acceptors (Lipinski definition) is 3. The molecular formula is C48H30N2O. The number of nitrogens with zero attached hydrogens (tertiary/aromatic N) is 2. The summed E-state index contributed by atoms with van der Waals surface area (Å²) < 4.78 is 6.63. The van der Waals surface area contributed by atoms with Crippen molar-refractivity contribution in [3.63, 3.8) is 0 Å². The summed E-state index contributed by atoms with van der Waals surface area (Å²) in [7, 11) is 0. The van der Waals surface area contributed by atoms with Gasteiger partial charge in [-0.25, -0.2) is 9.97 Å². The van der Waals surface area contributed by atoms with Gasteiger partial charge in [0, 0.05) is 32.8 Å². The third-order valence-electron chi connectivity index (χ3n) is 9.86. The summed E-state index contributed by atoms with van der Waals surface area (Å²) in [6.45, 7) is 0. The van der Waals surface area contributed by atoms with Gasteiger partial charge in [-0.1, -0.05) is 146 Å². The van der Waals surface area contributed by atoms with Crippen molar-refractivity contribution in [3.05, 3.63) is 182 Å². The molecule has 0 aliphatic heterocycles. The summed E-state index contributed by atoms with van der Waals surface area (Å²) in [5, 5.41) is 6.77. The van der Waals surface area contributed by atoms with Crippen molar-refractivity contribution in [1.29, 1.82) is 0 Å². The Bertz CT molecular complexity index is 2850. The average Bonchev–Trinajstić information content (AvgIpc) is 3.59. The molecule has 2 heterocycles. The van der Waals surface area contributed by atoms with E-state index in [4.69, 9.17) is 14.4 Å². The largest absolute Gasteiger partial charge is 0.455 e. The predicted molar refractivity (Wildman–Crippen MR) is 212 cm³/mol. The van der Waals surface area contributed by atoms with Crippen LogP contribution in [-0.2, 0) is 0 Å². The highest BCUT2D eigenvalue weighted by atomic mass is 16.3. The molecule has 0 N–H and O–H groups in total. The minimum Gasteiger partial charge on any atom is -0.455 e. The number of aromatic nitrogens is 2. The van der Waals surface area contributed by atoms with Gasteiger partial charge in [-0.2, -0.15) is 0 Å². The molecule has 238 valence electrons. The zero-order valence-corrected chi connectivity index (χ0v) is 27.6. The first-order valence-corrected chi connectivity index (χ1v) is 17.2. The smallest absolute Gasteiger partial charge is 0.160 e. The minimum atomic E-state index is 0.696. The van der Waals surface area contributed by atoms with Crippen molar-refractivity contribution in [1.82, 2.24) is 9.97 Å². The second-order valence-corrected chi connectivity index (χ2v) is 13.0. The van der Waals surface area contributed by atoms with Gasteiger partial charge in [-0.3, -0.25) is 0 Å². The molecule has 0 atom stereocenters. The quantitative estimate of drug-likeness (QED) is 0.186. The number of rotatable bonds is 5. The van der Waals surface area contributed by atoms with E-state index < -0.39 is 0 Å². The number of fused-ring (bicyclic) bond motifs is 6. The minimum absolute atomic E-state index is 0.696. The van der Waals surface area contributed by atoms with E-state index in [-0.39, 0.29) is 0 Å². The monoisotopic (exact) mass is 650 g/mol. The molecule has 3 heteroatoms. The SMILES string of the molecule is c1ccc(-c2cc(-c3cc4c5cc(-c6cccc(-c7ccc8ccccc8c7)c6)ccc5oc4c4ccccc34)nc(-c3ccccc3)n2)cc1. The van der Waals surface area contributed by atoms with Crippen LogP contribution in [0.3, 0.4) is 0 Å². The molecule has 8 aromatic carbocycles. The molecule has 10 aromatic rings. The molecule has 0 radical (unpaired) electrons. The second-order valence-electron chi connectivity index (χ2n) is 13.0. The lowest BCUT2D eigenvalue weighted by molar-refractivity contribution is 0.673. The second kappa shape index (κ2) is 11.9. The Labute approximate surface area is 295 Å². The van der Waals surface area contributed by atoms with Crippen molar-refractivity contribution in [2.24, 2.45) is 0 Å². The van der Waals surface area contributed by atoms with Gasteiger partial charge in [0.05, 0.1) is 11.4 Å². The van der Waals surface area contributed by atoms with E-state index in [1.807, 2.05) is 36.4 Å². The fourth-order valence-electron chi connectivity index (χ4n) is 7.30. The maximum absolute atomic E-state index is 6.63. The summed E-state index contributed by atoms with van der Waals surface area (Å²) in [5.41, 5.74) is 11.3. The van der Waals surface area contributed by atoms with E-state index in [9.17, 15) is 0 Å². The van der Waals surface area contributed by atoms with Crippen LogP contribution >= 0.6 is 0 Å². The van der Waals surface area contributed by atoms with Crippen LogP contribution in [0.25, 0.3) is 99.6 Å². The Morgan fingerprint density at radius 2 is 0.941 bits per heavy atom. The van der Waals surface area contributed by atoms with Crippen LogP contribution in [0.1, 0.15) is 0 Å². The van der Waals surface area contributed by atoms with Gasteiger partial charge in [-0.05, 0) is 74.8 Å². The van der Waals surface area contributed by atoms with E-state index in [1.165, 1.54) is 21.9 Å². The van der Waals surface area contributed by atoms with Gasteiger partial charge in [0.25, 0.3) is 0 Å².